The van der Waals surface area contributed by atoms with Gasteiger partial charge in [-0.3, -0.25) is 4.79 Å². The SMILES string of the molecule is CC(C)(O)C(=O)N1CCc2cc(C(C)(C)C)cc([C@@H]3CCCN3)c2C1. The van der Waals surface area contributed by atoms with Crippen molar-refractivity contribution in [3.63, 3.8) is 0 Å². The molecule has 2 aliphatic heterocycles. The zero-order valence-corrected chi connectivity index (χ0v) is 16.3. The van der Waals surface area contributed by atoms with E-state index in [2.05, 4.69) is 38.2 Å². The number of benzene rings is 1. The average molecular weight is 344 g/mol. The first-order valence-corrected chi connectivity index (χ1v) is 9.48. The second kappa shape index (κ2) is 6.40. The quantitative estimate of drug-likeness (QED) is 0.867. The van der Waals surface area contributed by atoms with E-state index in [1.807, 2.05) is 4.90 Å². The number of hydrogen-bond acceptors (Lipinski definition) is 3. The predicted octanol–water partition coefficient (Wildman–Crippen LogP) is 3.06. The molecule has 0 saturated carbocycles. The third-order valence-electron chi connectivity index (χ3n) is 5.49. The van der Waals surface area contributed by atoms with Crippen LogP contribution >= 0.6 is 0 Å². The van der Waals surface area contributed by atoms with Crippen LogP contribution in [0.5, 0.6) is 0 Å². The van der Waals surface area contributed by atoms with Crippen LogP contribution in [0.1, 0.15) is 75.8 Å². The molecule has 1 fully saturated rings. The Balaban J connectivity index is 2.01. The van der Waals surface area contributed by atoms with E-state index in [0.717, 1.165) is 19.4 Å². The van der Waals surface area contributed by atoms with E-state index in [4.69, 9.17) is 0 Å². The summed E-state index contributed by atoms with van der Waals surface area (Å²) in [6, 6.07) is 5.06. The first-order chi connectivity index (χ1) is 11.6. The number of fused-ring (bicyclic) bond motifs is 1. The Bertz CT molecular complexity index is 662. The molecule has 0 aromatic heterocycles. The van der Waals surface area contributed by atoms with Gasteiger partial charge in [-0.25, -0.2) is 0 Å². The number of nitrogens with zero attached hydrogens (tertiary/aromatic N) is 1. The maximum absolute atomic E-state index is 12.5. The molecule has 3 rings (SSSR count). The molecule has 2 aliphatic rings. The van der Waals surface area contributed by atoms with E-state index >= 15 is 0 Å². The minimum absolute atomic E-state index is 0.114. The van der Waals surface area contributed by atoms with E-state index in [9.17, 15) is 9.90 Å². The molecule has 25 heavy (non-hydrogen) atoms. The first kappa shape index (κ1) is 18.4. The summed E-state index contributed by atoms with van der Waals surface area (Å²) in [6.07, 6.45) is 3.21. The highest BCUT2D eigenvalue weighted by Crippen LogP contribution is 2.36. The lowest BCUT2D eigenvalue weighted by atomic mass is 9.80. The van der Waals surface area contributed by atoms with E-state index in [-0.39, 0.29) is 11.3 Å². The monoisotopic (exact) mass is 344 g/mol. The van der Waals surface area contributed by atoms with Gasteiger partial charge in [0, 0.05) is 19.1 Å². The fourth-order valence-corrected chi connectivity index (χ4v) is 3.95. The molecule has 1 aromatic rings. The zero-order valence-electron chi connectivity index (χ0n) is 16.3. The molecule has 4 heteroatoms. The van der Waals surface area contributed by atoms with Crippen molar-refractivity contribution in [2.24, 2.45) is 0 Å². The number of hydrogen-bond donors (Lipinski definition) is 2. The number of aliphatic hydroxyl groups is 1. The van der Waals surface area contributed by atoms with Crippen molar-refractivity contribution in [3.8, 4) is 0 Å². The zero-order chi connectivity index (χ0) is 18.4. The van der Waals surface area contributed by atoms with E-state index in [1.165, 1.54) is 28.7 Å². The summed E-state index contributed by atoms with van der Waals surface area (Å²) in [7, 11) is 0. The summed E-state index contributed by atoms with van der Waals surface area (Å²) in [5.41, 5.74) is 4.19. The third-order valence-corrected chi connectivity index (χ3v) is 5.49. The Kier molecular flexibility index (Phi) is 4.71. The van der Waals surface area contributed by atoms with Gasteiger partial charge in [-0.1, -0.05) is 32.9 Å². The van der Waals surface area contributed by atoms with Gasteiger partial charge in [0.1, 0.15) is 5.60 Å². The summed E-state index contributed by atoms with van der Waals surface area (Å²) >= 11 is 0. The molecule has 0 aliphatic carbocycles. The van der Waals surface area contributed by atoms with Crippen molar-refractivity contribution in [2.45, 2.75) is 77.5 Å². The summed E-state index contributed by atoms with van der Waals surface area (Å²) < 4.78 is 0. The predicted molar refractivity (Wildman–Crippen MR) is 101 cm³/mol. The molecule has 1 saturated heterocycles. The van der Waals surface area contributed by atoms with Crippen LogP contribution < -0.4 is 5.32 Å². The highest BCUT2D eigenvalue weighted by molar-refractivity contribution is 5.84. The molecule has 4 nitrogen and oxygen atoms in total. The molecule has 0 unspecified atom stereocenters. The Morgan fingerprint density at radius 1 is 1.24 bits per heavy atom. The summed E-state index contributed by atoms with van der Waals surface area (Å²) in [4.78, 5) is 14.4. The number of carbonyl (C=O) groups is 1. The fraction of sp³-hybridized carbons (Fsp3) is 0.667. The molecule has 1 aromatic carbocycles. The molecule has 0 spiro atoms. The van der Waals surface area contributed by atoms with Gasteiger partial charge in [0.15, 0.2) is 0 Å². The number of rotatable bonds is 2. The van der Waals surface area contributed by atoms with Crippen LogP contribution in [0.4, 0.5) is 0 Å². The van der Waals surface area contributed by atoms with Crippen molar-refractivity contribution in [2.75, 3.05) is 13.1 Å². The highest BCUT2D eigenvalue weighted by Gasteiger charge is 2.34. The van der Waals surface area contributed by atoms with Gasteiger partial charge in [0.25, 0.3) is 5.91 Å². The Morgan fingerprint density at radius 2 is 1.96 bits per heavy atom. The topological polar surface area (TPSA) is 52.6 Å². The first-order valence-electron chi connectivity index (χ1n) is 9.48. The molecule has 138 valence electrons. The molecule has 0 radical (unpaired) electrons. The van der Waals surface area contributed by atoms with Crippen LogP contribution in [-0.2, 0) is 23.2 Å². The normalized spacial score (nSPS) is 21.4. The highest BCUT2D eigenvalue weighted by atomic mass is 16.3. The third kappa shape index (κ3) is 3.75. The van der Waals surface area contributed by atoms with Crippen molar-refractivity contribution in [1.29, 1.82) is 0 Å². The lowest BCUT2D eigenvalue weighted by molar-refractivity contribution is -0.148. The summed E-state index contributed by atoms with van der Waals surface area (Å²) in [5, 5.41) is 13.7. The van der Waals surface area contributed by atoms with Crippen LogP contribution in [-0.4, -0.2) is 34.6 Å². The van der Waals surface area contributed by atoms with Gasteiger partial charge >= 0.3 is 0 Å². The Morgan fingerprint density at radius 3 is 2.52 bits per heavy atom. The smallest absolute Gasteiger partial charge is 0.254 e. The molecule has 2 N–H and O–H groups in total. The lowest BCUT2D eigenvalue weighted by Crippen LogP contribution is -2.47. The van der Waals surface area contributed by atoms with Crippen LogP contribution in [0.15, 0.2) is 12.1 Å². The Labute approximate surface area is 151 Å². The molecule has 1 atom stereocenters. The van der Waals surface area contributed by atoms with Crippen molar-refractivity contribution in [1.82, 2.24) is 10.2 Å². The van der Waals surface area contributed by atoms with Crippen molar-refractivity contribution < 1.29 is 9.90 Å². The molecule has 0 bridgehead atoms. The molecule has 1 amide bonds. The second-order valence-corrected chi connectivity index (χ2v) is 9.14. The van der Waals surface area contributed by atoms with Gasteiger partial charge in [0.05, 0.1) is 0 Å². The van der Waals surface area contributed by atoms with E-state index in [0.29, 0.717) is 19.1 Å². The summed E-state index contributed by atoms with van der Waals surface area (Å²) in [5.74, 6) is -0.177. The van der Waals surface area contributed by atoms with Crippen LogP contribution in [0.3, 0.4) is 0 Å². The lowest BCUT2D eigenvalue weighted by Gasteiger charge is -2.36. The standard InChI is InChI=1S/C21H32N2O2/c1-20(2,3)15-11-14-8-10-23(19(24)21(4,5)25)13-17(14)16(12-15)18-7-6-9-22-18/h11-12,18,22,25H,6-10,13H2,1-5H3/t18-/m0/s1. The average Bonchev–Trinajstić information content (AvgIpc) is 3.05. The number of carbonyl (C=O) groups excluding carboxylic acids is 1. The van der Waals surface area contributed by atoms with Crippen molar-refractivity contribution >= 4 is 5.91 Å². The fourth-order valence-electron chi connectivity index (χ4n) is 3.95. The maximum atomic E-state index is 12.5. The van der Waals surface area contributed by atoms with Gasteiger partial charge in [-0.2, -0.15) is 0 Å². The largest absolute Gasteiger partial charge is 0.381 e. The number of amides is 1. The van der Waals surface area contributed by atoms with Crippen LogP contribution in [0.2, 0.25) is 0 Å². The van der Waals surface area contributed by atoms with Crippen LogP contribution in [0.25, 0.3) is 0 Å². The van der Waals surface area contributed by atoms with Gasteiger partial charge in [-0.15, -0.1) is 0 Å². The summed E-state index contributed by atoms with van der Waals surface area (Å²) in [6.45, 7) is 12.3. The Hall–Kier alpha value is -1.39. The molecule has 2 heterocycles. The molecular formula is C21H32N2O2. The minimum atomic E-state index is -1.31. The van der Waals surface area contributed by atoms with E-state index in [1.54, 1.807) is 13.8 Å². The molecular weight excluding hydrogens is 312 g/mol. The van der Waals surface area contributed by atoms with Gasteiger partial charge < -0.3 is 15.3 Å². The van der Waals surface area contributed by atoms with E-state index < -0.39 is 5.60 Å². The number of nitrogens with one attached hydrogen (secondary N) is 1. The van der Waals surface area contributed by atoms with Crippen LogP contribution in [0, 0.1) is 0 Å². The van der Waals surface area contributed by atoms with Gasteiger partial charge in [0.2, 0.25) is 0 Å². The maximum Gasteiger partial charge on any atom is 0.254 e. The minimum Gasteiger partial charge on any atom is -0.381 e. The second-order valence-electron chi connectivity index (χ2n) is 9.14. The van der Waals surface area contributed by atoms with Crippen molar-refractivity contribution in [3.05, 3.63) is 34.4 Å². The van der Waals surface area contributed by atoms with Gasteiger partial charge in [-0.05, 0) is 67.3 Å².